The molecule has 1 fully saturated rings. The summed E-state index contributed by atoms with van der Waals surface area (Å²) >= 11 is 0. The molecule has 0 N–H and O–H groups in total. The van der Waals surface area contributed by atoms with Crippen molar-refractivity contribution >= 4 is 5.91 Å². The number of terminal acetylenes is 1. The van der Waals surface area contributed by atoms with Crippen LogP contribution < -0.4 is 0 Å². The molecule has 112 valence electrons. The zero-order valence-electron chi connectivity index (χ0n) is 12.5. The predicted molar refractivity (Wildman–Crippen MR) is 83.7 cm³/mol. The molecule has 1 heterocycles. The van der Waals surface area contributed by atoms with Crippen molar-refractivity contribution < 1.29 is 9.53 Å². The summed E-state index contributed by atoms with van der Waals surface area (Å²) in [5.74, 6) is 3.15. The van der Waals surface area contributed by atoms with Gasteiger partial charge in [0.15, 0.2) is 0 Å². The highest BCUT2D eigenvalue weighted by Crippen LogP contribution is 2.18. The van der Waals surface area contributed by atoms with Gasteiger partial charge < -0.3 is 9.64 Å². The van der Waals surface area contributed by atoms with Crippen molar-refractivity contribution in [2.45, 2.75) is 25.7 Å². The van der Waals surface area contributed by atoms with Crippen LogP contribution in [0.15, 0.2) is 30.3 Å². The van der Waals surface area contributed by atoms with Crippen LogP contribution in [0.5, 0.6) is 0 Å². The van der Waals surface area contributed by atoms with Crippen molar-refractivity contribution in [2.24, 2.45) is 5.92 Å². The number of likely N-dealkylation sites (tertiary alicyclic amines) is 1. The van der Waals surface area contributed by atoms with Gasteiger partial charge >= 0.3 is 0 Å². The first kappa shape index (κ1) is 15.6. The van der Waals surface area contributed by atoms with Gasteiger partial charge in [-0.25, -0.2) is 0 Å². The quantitative estimate of drug-likeness (QED) is 0.594. The monoisotopic (exact) mass is 285 g/mol. The lowest BCUT2D eigenvalue weighted by molar-refractivity contribution is -0.133. The summed E-state index contributed by atoms with van der Waals surface area (Å²) in [6.07, 6.45) is 8.75. The van der Waals surface area contributed by atoms with E-state index >= 15 is 0 Å². The van der Waals surface area contributed by atoms with Gasteiger partial charge in [0.1, 0.15) is 6.61 Å². The molecule has 0 bridgehead atoms. The first-order valence-corrected chi connectivity index (χ1v) is 7.62. The summed E-state index contributed by atoms with van der Waals surface area (Å²) in [4.78, 5) is 14.3. The topological polar surface area (TPSA) is 29.5 Å². The molecule has 1 aliphatic rings. The summed E-state index contributed by atoms with van der Waals surface area (Å²) in [6, 6.07) is 10.2. The number of hydrogen-bond donors (Lipinski definition) is 0. The number of rotatable bonds is 6. The molecule has 0 radical (unpaired) electrons. The minimum Gasteiger partial charge on any atom is -0.368 e. The van der Waals surface area contributed by atoms with Gasteiger partial charge in [0, 0.05) is 19.5 Å². The molecule has 1 unspecified atom stereocenters. The predicted octanol–water partition coefficient (Wildman–Crippen LogP) is 2.51. The zero-order valence-corrected chi connectivity index (χ0v) is 12.5. The van der Waals surface area contributed by atoms with Gasteiger partial charge in [0.05, 0.1) is 6.61 Å². The van der Waals surface area contributed by atoms with Gasteiger partial charge in [0.25, 0.3) is 0 Å². The van der Waals surface area contributed by atoms with Gasteiger partial charge in [-0.15, -0.1) is 6.42 Å². The summed E-state index contributed by atoms with van der Waals surface area (Å²) in [5, 5.41) is 0. The molecule has 3 nitrogen and oxygen atoms in total. The van der Waals surface area contributed by atoms with Crippen LogP contribution in [0.1, 0.15) is 24.8 Å². The standard InChI is InChI=1S/C18H23NO2/c1-2-13-21-15-17-9-6-12-19(14-17)18(20)11-10-16-7-4-3-5-8-16/h1,3-5,7-8,17H,6,9-15H2. The second-order valence-corrected chi connectivity index (χ2v) is 5.55. The molecule has 2 rings (SSSR count). The Labute approximate surface area is 127 Å². The third-order valence-electron chi connectivity index (χ3n) is 3.88. The van der Waals surface area contributed by atoms with Gasteiger partial charge in [-0.3, -0.25) is 4.79 Å². The van der Waals surface area contributed by atoms with Crippen LogP contribution in [-0.4, -0.2) is 37.1 Å². The Kier molecular flexibility index (Phi) is 6.30. The zero-order chi connectivity index (χ0) is 14.9. The fourth-order valence-electron chi connectivity index (χ4n) is 2.77. The van der Waals surface area contributed by atoms with E-state index in [-0.39, 0.29) is 5.91 Å². The summed E-state index contributed by atoms with van der Waals surface area (Å²) in [7, 11) is 0. The van der Waals surface area contributed by atoms with E-state index in [9.17, 15) is 4.79 Å². The average molecular weight is 285 g/mol. The third-order valence-corrected chi connectivity index (χ3v) is 3.88. The minimum absolute atomic E-state index is 0.250. The molecule has 0 aliphatic carbocycles. The SMILES string of the molecule is C#CCOCC1CCCN(C(=O)CCc2ccccc2)C1. The van der Waals surface area contributed by atoms with Crippen molar-refractivity contribution in [1.29, 1.82) is 0 Å². The molecule has 0 saturated carbocycles. The van der Waals surface area contributed by atoms with E-state index < -0.39 is 0 Å². The second kappa shape index (κ2) is 8.49. The Morgan fingerprint density at radius 3 is 2.95 bits per heavy atom. The van der Waals surface area contributed by atoms with E-state index in [2.05, 4.69) is 18.1 Å². The van der Waals surface area contributed by atoms with Crippen LogP contribution in [-0.2, 0) is 16.0 Å². The molecule has 1 amide bonds. The molecule has 1 atom stereocenters. The molecular formula is C18H23NO2. The normalized spacial score (nSPS) is 18.2. The molecule has 0 aromatic heterocycles. The van der Waals surface area contributed by atoms with Gasteiger partial charge in [0.2, 0.25) is 5.91 Å². The van der Waals surface area contributed by atoms with Crippen molar-refractivity contribution in [3.05, 3.63) is 35.9 Å². The van der Waals surface area contributed by atoms with Gasteiger partial charge in [-0.1, -0.05) is 36.3 Å². The molecule has 3 heteroatoms. The minimum atomic E-state index is 0.250. The highest BCUT2D eigenvalue weighted by molar-refractivity contribution is 5.76. The van der Waals surface area contributed by atoms with E-state index in [1.54, 1.807) is 0 Å². The van der Waals surface area contributed by atoms with E-state index in [4.69, 9.17) is 11.2 Å². The summed E-state index contributed by atoms with van der Waals surface area (Å²) < 4.78 is 5.41. The number of ether oxygens (including phenoxy) is 1. The molecule has 21 heavy (non-hydrogen) atoms. The summed E-state index contributed by atoms with van der Waals surface area (Å²) in [5.41, 5.74) is 1.22. The average Bonchev–Trinajstić information content (AvgIpc) is 2.54. The molecule has 0 spiro atoms. The number of nitrogens with zero attached hydrogens (tertiary/aromatic N) is 1. The molecule has 1 saturated heterocycles. The van der Waals surface area contributed by atoms with Gasteiger partial charge in [-0.05, 0) is 30.7 Å². The number of hydrogen-bond acceptors (Lipinski definition) is 2. The second-order valence-electron chi connectivity index (χ2n) is 5.55. The maximum absolute atomic E-state index is 12.3. The van der Waals surface area contributed by atoms with Crippen LogP contribution in [0.4, 0.5) is 0 Å². The first-order chi connectivity index (χ1) is 10.3. The van der Waals surface area contributed by atoms with E-state index in [0.29, 0.717) is 25.6 Å². The van der Waals surface area contributed by atoms with E-state index in [1.807, 2.05) is 23.1 Å². The van der Waals surface area contributed by atoms with Crippen molar-refractivity contribution in [1.82, 2.24) is 4.90 Å². The van der Waals surface area contributed by atoms with Crippen LogP contribution in [0.25, 0.3) is 0 Å². The maximum atomic E-state index is 12.3. The lowest BCUT2D eigenvalue weighted by atomic mass is 9.98. The molecule has 1 aromatic carbocycles. The van der Waals surface area contributed by atoms with Crippen molar-refractivity contribution in [3.63, 3.8) is 0 Å². The summed E-state index contributed by atoms with van der Waals surface area (Å²) in [6.45, 7) is 2.70. The third kappa shape index (κ3) is 5.24. The number of carbonyl (C=O) groups excluding carboxylic acids is 1. The smallest absolute Gasteiger partial charge is 0.222 e. The van der Waals surface area contributed by atoms with E-state index in [1.165, 1.54) is 5.56 Å². The fourth-order valence-corrected chi connectivity index (χ4v) is 2.77. The fraction of sp³-hybridized carbons (Fsp3) is 0.500. The number of benzene rings is 1. The lowest BCUT2D eigenvalue weighted by Gasteiger charge is -2.32. The Morgan fingerprint density at radius 2 is 2.19 bits per heavy atom. The number of amides is 1. The Hall–Kier alpha value is -1.79. The largest absolute Gasteiger partial charge is 0.368 e. The van der Waals surface area contributed by atoms with Crippen molar-refractivity contribution in [3.8, 4) is 12.3 Å². The molecule has 1 aromatic rings. The Bertz CT molecular complexity index is 478. The number of piperidine rings is 1. The first-order valence-electron chi connectivity index (χ1n) is 7.62. The lowest BCUT2D eigenvalue weighted by Crippen LogP contribution is -2.41. The number of aryl methyl sites for hydroxylation is 1. The van der Waals surface area contributed by atoms with Crippen LogP contribution in [0.3, 0.4) is 0 Å². The van der Waals surface area contributed by atoms with E-state index in [0.717, 1.165) is 32.4 Å². The highest BCUT2D eigenvalue weighted by Gasteiger charge is 2.23. The van der Waals surface area contributed by atoms with Crippen LogP contribution in [0, 0.1) is 18.3 Å². The molecule has 1 aliphatic heterocycles. The van der Waals surface area contributed by atoms with Gasteiger partial charge in [-0.2, -0.15) is 0 Å². The van der Waals surface area contributed by atoms with Crippen LogP contribution in [0.2, 0.25) is 0 Å². The Morgan fingerprint density at radius 1 is 1.38 bits per heavy atom. The highest BCUT2D eigenvalue weighted by atomic mass is 16.5. The van der Waals surface area contributed by atoms with Crippen molar-refractivity contribution in [2.75, 3.05) is 26.3 Å². The van der Waals surface area contributed by atoms with Crippen LogP contribution >= 0.6 is 0 Å². The number of carbonyl (C=O) groups is 1. The Balaban J connectivity index is 1.75. The molecular weight excluding hydrogens is 262 g/mol. The maximum Gasteiger partial charge on any atom is 0.222 e.